The van der Waals surface area contributed by atoms with Gasteiger partial charge in [-0.3, -0.25) is 15.0 Å². The second-order valence-electron chi connectivity index (χ2n) is 6.24. The van der Waals surface area contributed by atoms with Gasteiger partial charge in [0, 0.05) is 36.8 Å². The van der Waals surface area contributed by atoms with Crippen LogP contribution >= 0.6 is 0 Å². The molecule has 0 amide bonds. The van der Waals surface area contributed by atoms with Crippen LogP contribution in [0.5, 0.6) is 11.5 Å². The molecule has 6 heteroatoms. The molecule has 1 aliphatic carbocycles. The fourth-order valence-electron chi connectivity index (χ4n) is 2.94. The number of rotatable bonds is 8. The van der Waals surface area contributed by atoms with Crippen molar-refractivity contribution in [1.29, 1.82) is 0 Å². The summed E-state index contributed by atoms with van der Waals surface area (Å²) in [5.74, 6) is 1.52. The van der Waals surface area contributed by atoms with Crippen LogP contribution in [-0.4, -0.2) is 30.1 Å². The van der Waals surface area contributed by atoms with E-state index in [0.717, 1.165) is 30.7 Å². The lowest BCUT2D eigenvalue weighted by atomic mass is 10.1. The minimum atomic E-state index is -0.367. The highest BCUT2D eigenvalue weighted by Gasteiger charge is 2.30. The maximum atomic E-state index is 11.1. The average Bonchev–Trinajstić information content (AvgIpc) is 3.46. The number of nitrogens with zero attached hydrogens (tertiary/aromatic N) is 2. The lowest BCUT2D eigenvalue weighted by Gasteiger charge is -2.23. The summed E-state index contributed by atoms with van der Waals surface area (Å²) in [5.41, 5.74) is 2.13. The Morgan fingerprint density at radius 3 is 2.36 bits per heavy atom. The van der Waals surface area contributed by atoms with E-state index in [9.17, 15) is 10.1 Å². The van der Waals surface area contributed by atoms with Crippen molar-refractivity contribution >= 4 is 5.69 Å². The number of nitro groups is 1. The van der Waals surface area contributed by atoms with E-state index >= 15 is 0 Å². The monoisotopic (exact) mass is 342 g/mol. The van der Waals surface area contributed by atoms with Crippen LogP contribution in [0.1, 0.15) is 24.0 Å². The smallest absolute Gasteiger partial charge is 0.270 e. The third-order valence-corrected chi connectivity index (χ3v) is 4.46. The van der Waals surface area contributed by atoms with E-state index in [1.165, 1.54) is 11.6 Å². The van der Waals surface area contributed by atoms with E-state index < -0.39 is 0 Å². The van der Waals surface area contributed by atoms with Crippen molar-refractivity contribution in [2.75, 3.05) is 14.2 Å². The first kappa shape index (κ1) is 17.2. The molecule has 1 aliphatic rings. The van der Waals surface area contributed by atoms with Crippen molar-refractivity contribution in [2.45, 2.75) is 32.0 Å². The maximum absolute atomic E-state index is 11.1. The first-order valence-corrected chi connectivity index (χ1v) is 8.29. The van der Waals surface area contributed by atoms with Crippen LogP contribution < -0.4 is 9.47 Å². The highest BCUT2D eigenvalue weighted by molar-refractivity contribution is 5.44. The number of methoxy groups -OCH3 is 2. The highest BCUT2D eigenvalue weighted by atomic mass is 16.6. The normalized spacial score (nSPS) is 13.7. The summed E-state index contributed by atoms with van der Waals surface area (Å²) in [6.45, 7) is 1.42. The molecule has 25 heavy (non-hydrogen) atoms. The van der Waals surface area contributed by atoms with Gasteiger partial charge in [0.15, 0.2) is 0 Å². The molecule has 2 aromatic carbocycles. The van der Waals surface area contributed by atoms with Gasteiger partial charge in [-0.1, -0.05) is 12.1 Å². The zero-order chi connectivity index (χ0) is 17.8. The quantitative estimate of drug-likeness (QED) is 0.539. The highest BCUT2D eigenvalue weighted by Crippen LogP contribution is 2.33. The minimum absolute atomic E-state index is 0.0935. The zero-order valence-corrected chi connectivity index (χ0v) is 14.5. The summed E-state index contributed by atoms with van der Waals surface area (Å²) in [6, 6.07) is 13.3. The van der Waals surface area contributed by atoms with E-state index in [0.29, 0.717) is 18.3 Å². The van der Waals surface area contributed by atoms with Crippen molar-refractivity contribution in [2.24, 2.45) is 0 Å². The second kappa shape index (κ2) is 7.53. The Morgan fingerprint density at radius 1 is 1.08 bits per heavy atom. The SMILES string of the molecule is COc1ccc(CN(Cc2cc([N+](=O)[O-])ccc2OC)C2CC2)cc1. The van der Waals surface area contributed by atoms with Gasteiger partial charge in [0.25, 0.3) is 5.69 Å². The topological polar surface area (TPSA) is 64.8 Å². The molecular weight excluding hydrogens is 320 g/mol. The Balaban J connectivity index is 1.79. The lowest BCUT2D eigenvalue weighted by Crippen LogP contribution is -2.25. The van der Waals surface area contributed by atoms with Gasteiger partial charge < -0.3 is 9.47 Å². The zero-order valence-electron chi connectivity index (χ0n) is 14.5. The molecule has 0 unspecified atom stereocenters. The predicted octanol–water partition coefficient (Wildman–Crippen LogP) is 3.78. The number of hydrogen-bond acceptors (Lipinski definition) is 5. The fourth-order valence-corrected chi connectivity index (χ4v) is 2.94. The molecular formula is C19H22N2O4. The minimum Gasteiger partial charge on any atom is -0.497 e. The van der Waals surface area contributed by atoms with E-state index in [-0.39, 0.29) is 10.6 Å². The standard InChI is InChI=1S/C19H22N2O4/c1-24-18-8-3-14(4-9-18)12-20(16-5-6-16)13-15-11-17(21(22)23)7-10-19(15)25-2/h3-4,7-11,16H,5-6,12-13H2,1-2H3. The van der Waals surface area contributed by atoms with Crippen molar-refractivity contribution in [3.63, 3.8) is 0 Å². The second-order valence-corrected chi connectivity index (χ2v) is 6.24. The molecule has 0 radical (unpaired) electrons. The van der Waals surface area contributed by atoms with E-state index in [4.69, 9.17) is 9.47 Å². The molecule has 6 nitrogen and oxygen atoms in total. The number of hydrogen-bond donors (Lipinski definition) is 0. The molecule has 132 valence electrons. The maximum Gasteiger partial charge on any atom is 0.270 e. The van der Waals surface area contributed by atoms with Crippen LogP contribution in [0.3, 0.4) is 0 Å². The van der Waals surface area contributed by atoms with Gasteiger partial charge in [0.05, 0.1) is 19.1 Å². The Labute approximate surface area is 147 Å². The number of non-ortho nitro benzene ring substituents is 1. The van der Waals surface area contributed by atoms with Gasteiger partial charge >= 0.3 is 0 Å². The summed E-state index contributed by atoms with van der Waals surface area (Å²) < 4.78 is 10.6. The van der Waals surface area contributed by atoms with Crippen molar-refractivity contribution in [1.82, 2.24) is 4.90 Å². The third-order valence-electron chi connectivity index (χ3n) is 4.46. The summed E-state index contributed by atoms with van der Waals surface area (Å²) in [4.78, 5) is 13.1. The molecule has 1 saturated carbocycles. The van der Waals surface area contributed by atoms with Crippen LogP contribution in [-0.2, 0) is 13.1 Å². The molecule has 2 aromatic rings. The third kappa shape index (κ3) is 4.28. The van der Waals surface area contributed by atoms with E-state index in [2.05, 4.69) is 17.0 Å². The molecule has 0 aliphatic heterocycles. The molecule has 0 bridgehead atoms. The molecule has 3 rings (SSSR count). The number of ether oxygens (including phenoxy) is 2. The van der Waals surface area contributed by atoms with Crippen molar-refractivity contribution in [3.05, 3.63) is 63.7 Å². The first-order valence-electron chi connectivity index (χ1n) is 8.29. The van der Waals surface area contributed by atoms with Gasteiger partial charge in [-0.25, -0.2) is 0 Å². The van der Waals surface area contributed by atoms with Gasteiger partial charge in [-0.15, -0.1) is 0 Å². The molecule has 0 spiro atoms. The predicted molar refractivity (Wildman–Crippen MR) is 94.9 cm³/mol. The van der Waals surface area contributed by atoms with Crippen LogP contribution in [0.25, 0.3) is 0 Å². The van der Waals surface area contributed by atoms with Crippen molar-refractivity contribution < 1.29 is 14.4 Å². The van der Waals surface area contributed by atoms with E-state index in [1.54, 1.807) is 26.4 Å². The fraction of sp³-hybridized carbons (Fsp3) is 0.368. The number of benzene rings is 2. The Kier molecular flexibility index (Phi) is 5.19. The molecule has 0 aromatic heterocycles. The largest absolute Gasteiger partial charge is 0.497 e. The molecule has 1 fully saturated rings. The Hall–Kier alpha value is -2.60. The van der Waals surface area contributed by atoms with Crippen LogP contribution in [0.15, 0.2) is 42.5 Å². The molecule has 0 atom stereocenters. The van der Waals surface area contributed by atoms with Gasteiger partial charge in [0.1, 0.15) is 11.5 Å². The molecule has 0 heterocycles. The van der Waals surface area contributed by atoms with E-state index in [1.807, 2.05) is 12.1 Å². The summed E-state index contributed by atoms with van der Waals surface area (Å²) in [5, 5.41) is 11.1. The van der Waals surface area contributed by atoms with Gasteiger partial charge in [0.2, 0.25) is 0 Å². The Bertz CT molecular complexity index is 742. The first-order chi connectivity index (χ1) is 12.1. The van der Waals surface area contributed by atoms with Gasteiger partial charge in [-0.2, -0.15) is 0 Å². The lowest BCUT2D eigenvalue weighted by molar-refractivity contribution is -0.385. The summed E-state index contributed by atoms with van der Waals surface area (Å²) in [6.07, 6.45) is 2.32. The summed E-state index contributed by atoms with van der Waals surface area (Å²) >= 11 is 0. The number of nitro benzene ring substituents is 1. The summed E-state index contributed by atoms with van der Waals surface area (Å²) in [7, 11) is 3.25. The average molecular weight is 342 g/mol. The van der Waals surface area contributed by atoms with Crippen LogP contribution in [0, 0.1) is 10.1 Å². The Morgan fingerprint density at radius 2 is 1.80 bits per heavy atom. The molecule has 0 saturated heterocycles. The van der Waals surface area contributed by atoms with Crippen molar-refractivity contribution in [3.8, 4) is 11.5 Å². The molecule has 0 N–H and O–H groups in total. The van der Waals surface area contributed by atoms with Crippen LogP contribution in [0.2, 0.25) is 0 Å². The van der Waals surface area contributed by atoms with Crippen LogP contribution in [0.4, 0.5) is 5.69 Å². The van der Waals surface area contributed by atoms with Gasteiger partial charge in [-0.05, 0) is 36.6 Å².